The van der Waals surface area contributed by atoms with Gasteiger partial charge in [-0.05, 0) is 59.8 Å². The van der Waals surface area contributed by atoms with E-state index in [-0.39, 0.29) is 23.4 Å². The Balaban J connectivity index is 1.81. The molecule has 0 aromatic heterocycles. The molecular formula is C19H14F3N3O4S. The van der Waals surface area contributed by atoms with Crippen molar-refractivity contribution in [1.82, 2.24) is 5.32 Å². The number of halogens is 3. The van der Waals surface area contributed by atoms with E-state index in [1.165, 1.54) is 12.1 Å². The zero-order valence-electron chi connectivity index (χ0n) is 15.1. The molecule has 1 heterocycles. The first-order chi connectivity index (χ1) is 14.2. The average Bonchev–Trinajstić information content (AvgIpc) is 2.99. The summed E-state index contributed by atoms with van der Waals surface area (Å²) in [5.41, 5.74) is 6.06. The SMILES string of the molecule is NC(=O)COc1cccc(/C=C2\SC(=O)NC2=Nc2ccc(OC(F)(F)F)cc2)c1. The molecule has 11 heteroatoms. The lowest BCUT2D eigenvalue weighted by atomic mass is 10.2. The zero-order valence-corrected chi connectivity index (χ0v) is 15.9. The molecule has 0 spiro atoms. The van der Waals surface area contributed by atoms with Gasteiger partial charge in [-0.15, -0.1) is 13.2 Å². The minimum atomic E-state index is -4.78. The summed E-state index contributed by atoms with van der Waals surface area (Å²) in [5, 5.41) is 2.23. The molecule has 0 unspecified atom stereocenters. The van der Waals surface area contributed by atoms with Crippen molar-refractivity contribution in [2.45, 2.75) is 6.36 Å². The van der Waals surface area contributed by atoms with E-state index in [9.17, 15) is 22.8 Å². The van der Waals surface area contributed by atoms with Crippen LogP contribution in [0.3, 0.4) is 0 Å². The number of carbonyl (C=O) groups is 2. The molecule has 3 N–H and O–H groups in total. The third-order valence-corrected chi connectivity index (χ3v) is 4.32. The standard InChI is InChI=1S/C19H14F3N3O4S/c20-19(21,22)29-13-6-4-12(5-7-13)24-17-15(30-18(27)25-17)9-11-2-1-3-14(8-11)28-10-16(23)26/h1-9H,10H2,(H2,23,26)(H,24,25,27)/b15-9-. The summed E-state index contributed by atoms with van der Waals surface area (Å²) >= 11 is 0.915. The van der Waals surface area contributed by atoms with Crippen LogP contribution in [0.5, 0.6) is 11.5 Å². The molecule has 1 saturated heterocycles. The summed E-state index contributed by atoms with van der Waals surface area (Å²) in [5.74, 6) is -0.317. The number of ether oxygens (including phenoxy) is 2. The minimum absolute atomic E-state index is 0.248. The maximum atomic E-state index is 12.2. The van der Waals surface area contributed by atoms with Gasteiger partial charge < -0.3 is 20.5 Å². The highest BCUT2D eigenvalue weighted by Gasteiger charge is 2.31. The largest absolute Gasteiger partial charge is 0.573 e. The van der Waals surface area contributed by atoms with Gasteiger partial charge in [0.15, 0.2) is 6.61 Å². The third-order valence-electron chi connectivity index (χ3n) is 3.50. The molecule has 3 rings (SSSR count). The lowest BCUT2D eigenvalue weighted by molar-refractivity contribution is -0.274. The van der Waals surface area contributed by atoms with Gasteiger partial charge >= 0.3 is 6.36 Å². The number of nitrogens with two attached hydrogens (primary N) is 1. The molecule has 156 valence electrons. The van der Waals surface area contributed by atoms with Crippen LogP contribution < -0.4 is 20.5 Å². The van der Waals surface area contributed by atoms with E-state index in [1.807, 2.05) is 0 Å². The second-order valence-corrected chi connectivity index (χ2v) is 6.87. The lowest BCUT2D eigenvalue weighted by Crippen LogP contribution is -2.20. The lowest BCUT2D eigenvalue weighted by Gasteiger charge is -2.08. The first kappa shape index (κ1) is 21.2. The summed E-state index contributed by atoms with van der Waals surface area (Å²) in [7, 11) is 0. The second-order valence-electron chi connectivity index (χ2n) is 5.85. The van der Waals surface area contributed by atoms with Crippen molar-refractivity contribution in [1.29, 1.82) is 0 Å². The van der Waals surface area contributed by atoms with Crippen molar-refractivity contribution in [3.05, 3.63) is 59.0 Å². The fourth-order valence-electron chi connectivity index (χ4n) is 2.36. The molecule has 2 aromatic rings. The van der Waals surface area contributed by atoms with Crippen LogP contribution in [-0.2, 0) is 4.79 Å². The molecule has 1 aliphatic rings. The Bertz CT molecular complexity index is 1020. The Morgan fingerprint density at radius 1 is 1.17 bits per heavy atom. The predicted molar refractivity (Wildman–Crippen MR) is 105 cm³/mol. The maximum absolute atomic E-state index is 12.2. The summed E-state index contributed by atoms with van der Waals surface area (Å²) in [6.07, 6.45) is -3.10. The number of hydrogen-bond acceptors (Lipinski definition) is 6. The van der Waals surface area contributed by atoms with Crippen molar-refractivity contribution >= 4 is 40.5 Å². The number of nitrogens with zero attached hydrogens (tertiary/aromatic N) is 1. The van der Waals surface area contributed by atoms with E-state index in [1.54, 1.807) is 30.3 Å². The van der Waals surface area contributed by atoms with Gasteiger partial charge in [-0.1, -0.05) is 12.1 Å². The third kappa shape index (κ3) is 6.27. The van der Waals surface area contributed by atoms with Gasteiger partial charge in [0.2, 0.25) is 0 Å². The topological polar surface area (TPSA) is 103 Å². The number of rotatable bonds is 6. The first-order valence-electron chi connectivity index (χ1n) is 8.34. The number of primary amides is 1. The Morgan fingerprint density at radius 3 is 2.57 bits per heavy atom. The van der Waals surface area contributed by atoms with E-state index in [0.29, 0.717) is 21.9 Å². The molecule has 7 nitrogen and oxygen atoms in total. The van der Waals surface area contributed by atoms with Crippen molar-refractivity contribution in [2.75, 3.05) is 6.61 Å². The quantitative estimate of drug-likeness (QED) is 0.712. The van der Waals surface area contributed by atoms with Crippen LogP contribution in [-0.4, -0.2) is 30.0 Å². The highest BCUT2D eigenvalue weighted by Crippen LogP contribution is 2.30. The number of carbonyl (C=O) groups excluding carboxylic acids is 2. The molecule has 2 aromatic carbocycles. The Labute approximate surface area is 172 Å². The molecule has 0 saturated carbocycles. The van der Waals surface area contributed by atoms with Gasteiger partial charge in [-0.2, -0.15) is 0 Å². The van der Waals surface area contributed by atoms with Crippen molar-refractivity contribution < 1.29 is 32.2 Å². The first-order valence-corrected chi connectivity index (χ1v) is 9.16. The van der Waals surface area contributed by atoms with Crippen molar-refractivity contribution in [2.24, 2.45) is 10.7 Å². The van der Waals surface area contributed by atoms with Crippen LogP contribution in [0.25, 0.3) is 6.08 Å². The van der Waals surface area contributed by atoms with E-state index in [0.717, 1.165) is 23.9 Å². The van der Waals surface area contributed by atoms with E-state index in [2.05, 4.69) is 15.0 Å². The number of alkyl halides is 3. The number of amidine groups is 1. The maximum Gasteiger partial charge on any atom is 0.573 e. The molecular weight excluding hydrogens is 423 g/mol. The number of thioether (sulfide) groups is 1. The number of nitrogens with one attached hydrogen (secondary N) is 1. The monoisotopic (exact) mass is 437 g/mol. The molecule has 0 aliphatic carbocycles. The highest BCUT2D eigenvalue weighted by atomic mass is 32.2. The summed E-state index contributed by atoms with van der Waals surface area (Å²) in [6.45, 7) is -0.268. The molecule has 1 fully saturated rings. The van der Waals surface area contributed by atoms with Crippen LogP contribution in [0.15, 0.2) is 58.4 Å². The van der Waals surface area contributed by atoms with Gasteiger partial charge in [0.25, 0.3) is 11.1 Å². The highest BCUT2D eigenvalue weighted by molar-refractivity contribution is 8.18. The Kier molecular flexibility index (Phi) is 6.31. The number of amides is 2. The molecule has 1 aliphatic heterocycles. The fourth-order valence-corrected chi connectivity index (χ4v) is 3.10. The molecule has 0 atom stereocenters. The van der Waals surface area contributed by atoms with E-state index < -0.39 is 12.3 Å². The van der Waals surface area contributed by atoms with E-state index >= 15 is 0 Å². The second kappa shape index (κ2) is 8.91. The van der Waals surface area contributed by atoms with Gasteiger partial charge in [-0.3, -0.25) is 9.59 Å². The number of hydrogen-bond donors (Lipinski definition) is 2. The van der Waals surface area contributed by atoms with Gasteiger partial charge in [-0.25, -0.2) is 4.99 Å². The van der Waals surface area contributed by atoms with Gasteiger partial charge in [0.1, 0.15) is 17.3 Å². The van der Waals surface area contributed by atoms with Gasteiger partial charge in [0.05, 0.1) is 10.6 Å². The average molecular weight is 437 g/mol. The number of benzene rings is 2. The van der Waals surface area contributed by atoms with E-state index in [4.69, 9.17) is 10.5 Å². The molecule has 30 heavy (non-hydrogen) atoms. The van der Waals surface area contributed by atoms with Crippen LogP contribution in [0.4, 0.5) is 23.7 Å². The van der Waals surface area contributed by atoms with Crippen molar-refractivity contribution in [3.8, 4) is 11.5 Å². The Morgan fingerprint density at radius 2 is 1.90 bits per heavy atom. The smallest absolute Gasteiger partial charge is 0.484 e. The fraction of sp³-hybridized carbons (Fsp3) is 0.105. The zero-order chi connectivity index (χ0) is 21.7. The minimum Gasteiger partial charge on any atom is -0.484 e. The number of aliphatic imine (C=N–C) groups is 1. The van der Waals surface area contributed by atoms with Crippen LogP contribution in [0, 0.1) is 0 Å². The van der Waals surface area contributed by atoms with Crippen LogP contribution in [0.1, 0.15) is 5.56 Å². The van der Waals surface area contributed by atoms with Crippen LogP contribution in [0.2, 0.25) is 0 Å². The summed E-state index contributed by atoms with van der Waals surface area (Å²) in [4.78, 5) is 27.4. The Hall–Kier alpha value is -3.47. The molecule has 0 bridgehead atoms. The van der Waals surface area contributed by atoms with Crippen molar-refractivity contribution in [3.63, 3.8) is 0 Å². The summed E-state index contributed by atoms with van der Waals surface area (Å²) in [6, 6.07) is 11.7. The molecule has 0 radical (unpaired) electrons. The van der Waals surface area contributed by atoms with Gasteiger partial charge in [0, 0.05) is 0 Å². The molecule has 2 amide bonds. The summed E-state index contributed by atoms with van der Waals surface area (Å²) < 4.78 is 45.8. The van der Waals surface area contributed by atoms with Crippen LogP contribution >= 0.6 is 11.8 Å². The normalized spacial score (nSPS) is 16.6. The predicted octanol–water partition coefficient (Wildman–Crippen LogP) is 3.98.